The summed E-state index contributed by atoms with van der Waals surface area (Å²) in [5.74, 6) is 2.43. The van der Waals surface area contributed by atoms with E-state index in [9.17, 15) is 5.11 Å². The maximum atomic E-state index is 9.31. The third-order valence-electron chi connectivity index (χ3n) is 7.76. The molecule has 0 spiro atoms. The normalized spacial score (nSPS) is 23.0. The van der Waals surface area contributed by atoms with Crippen molar-refractivity contribution in [3.8, 4) is 0 Å². The minimum absolute atomic E-state index is 0.182. The molecule has 6 rings (SSSR count). The fraction of sp³-hybridized carbons (Fsp3) is 0.481. The first-order valence-corrected chi connectivity index (χ1v) is 12.8. The number of aliphatic hydroxyl groups is 1. The van der Waals surface area contributed by atoms with Crippen molar-refractivity contribution in [3.63, 3.8) is 0 Å². The summed E-state index contributed by atoms with van der Waals surface area (Å²) in [5.41, 5.74) is 4.44. The van der Waals surface area contributed by atoms with Gasteiger partial charge >= 0.3 is 0 Å². The van der Waals surface area contributed by atoms with Crippen LogP contribution in [0.2, 0.25) is 0 Å². The highest BCUT2D eigenvalue weighted by molar-refractivity contribution is 6.06. The fourth-order valence-electron chi connectivity index (χ4n) is 5.94. The highest BCUT2D eigenvalue weighted by Crippen LogP contribution is 2.38. The van der Waals surface area contributed by atoms with E-state index in [1.807, 2.05) is 24.7 Å². The molecule has 0 radical (unpaired) electrons. The summed E-state index contributed by atoms with van der Waals surface area (Å²) >= 11 is 0. The Morgan fingerprint density at radius 3 is 2.71 bits per heavy atom. The van der Waals surface area contributed by atoms with Gasteiger partial charge in [0, 0.05) is 54.8 Å². The lowest BCUT2D eigenvalue weighted by atomic mass is 9.87. The average molecular weight is 472 g/mol. The van der Waals surface area contributed by atoms with Crippen LogP contribution in [0.1, 0.15) is 62.7 Å². The summed E-state index contributed by atoms with van der Waals surface area (Å²) in [4.78, 5) is 21.3. The summed E-state index contributed by atoms with van der Waals surface area (Å²) in [5, 5.41) is 14.9. The van der Waals surface area contributed by atoms with Crippen molar-refractivity contribution < 1.29 is 5.11 Å². The third-order valence-corrected chi connectivity index (χ3v) is 7.76. The van der Waals surface area contributed by atoms with Gasteiger partial charge in [-0.1, -0.05) is 19.9 Å². The number of nitrogens with zero attached hydrogens (tertiary/aromatic N) is 6. The zero-order valence-electron chi connectivity index (χ0n) is 20.5. The topological polar surface area (TPSA) is 92.0 Å². The van der Waals surface area contributed by atoms with Crippen LogP contribution in [0.5, 0.6) is 0 Å². The van der Waals surface area contributed by atoms with Crippen molar-refractivity contribution >= 4 is 33.7 Å². The van der Waals surface area contributed by atoms with Gasteiger partial charge in [0.05, 0.1) is 24.0 Å². The smallest absolute Gasteiger partial charge is 0.230 e. The summed E-state index contributed by atoms with van der Waals surface area (Å²) in [7, 11) is 0. The lowest BCUT2D eigenvalue weighted by Gasteiger charge is -2.32. The van der Waals surface area contributed by atoms with E-state index in [-0.39, 0.29) is 6.61 Å². The van der Waals surface area contributed by atoms with Crippen LogP contribution in [0.25, 0.3) is 21.9 Å². The number of pyridine rings is 2. The Balaban J connectivity index is 1.35. The molecule has 1 fully saturated rings. The number of nitrogens with one attached hydrogen (secondary N) is 1. The molecule has 4 aromatic heterocycles. The van der Waals surface area contributed by atoms with Crippen LogP contribution in [0, 0.1) is 5.92 Å². The number of hydrogen-bond donors (Lipinski definition) is 2. The quantitative estimate of drug-likeness (QED) is 0.433. The van der Waals surface area contributed by atoms with E-state index in [1.54, 1.807) is 0 Å². The molecule has 1 aliphatic heterocycles. The molecule has 8 heteroatoms. The summed E-state index contributed by atoms with van der Waals surface area (Å²) in [6, 6.07) is 6.64. The van der Waals surface area contributed by atoms with Gasteiger partial charge < -0.3 is 15.0 Å². The van der Waals surface area contributed by atoms with E-state index in [4.69, 9.17) is 9.97 Å². The van der Waals surface area contributed by atoms with Crippen LogP contribution < -0.4 is 5.32 Å². The number of aliphatic hydroxyl groups excluding tert-OH is 1. The molecule has 0 aromatic carbocycles. The summed E-state index contributed by atoms with van der Waals surface area (Å²) in [6.07, 6.45) is 10.6. The Morgan fingerprint density at radius 1 is 1.03 bits per heavy atom. The van der Waals surface area contributed by atoms with Crippen LogP contribution in [0.15, 0.2) is 36.8 Å². The Kier molecular flexibility index (Phi) is 5.86. The van der Waals surface area contributed by atoms with E-state index in [1.165, 1.54) is 31.2 Å². The zero-order chi connectivity index (χ0) is 23.9. The van der Waals surface area contributed by atoms with Crippen LogP contribution in [0.3, 0.4) is 0 Å². The number of aromatic nitrogens is 5. The molecule has 4 aromatic rings. The molecule has 0 bridgehead atoms. The van der Waals surface area contributed by atoms with Gasteiger partial charge in [-0.15, -0.1) is 0 Å². The second-order valence-electron chi connectivity index (χ2n) is 10.3. The predicted octanol–water partition coefficient (Wildman–Crippen LogP) is 4.78. The Hall–Kier alpha value is -3.10. The molecule has 0 amide bonds. The van der Waals surface area contributed by atoms with E-state index in [0.717, 1.165) is 52.5 Å². The van der Waals surface area contributed by atoms with Crippen molar-refractivity contribution in [2.75, 3.05) is 25.0 Å². The van der Waals surface area contributed by atoms with Crippen LogP contribution in [-0.2, 0) is 6.54 Å². The average Bonchev–Trinajstić information content (AvgIpc) is 3.19. The lowest BCUT2D eigenvalue weighted by molar-refractivity contribution is 0.173. The SMILES string of the molecule is CC1CN(CCO)Cc2ccc(Nc3ncc4c5ccncc5n([C@H]5CC[C@H](C)CC5)c4n3)nc21. The van der Waals surface area contributed by atoms with Gasteiger partial charge in [0.15, 0.2) is 0 Å². The predicted molar refractivity (Wildman–Crippen MR) is 138 cm³/mol. The minimum Gasteiger partial charge on any atom is -0.395 e. The highest BCUT2D eigenvalue weighted by atomic mass is 16.3. The van der Waals surface area contributed by atoms with E-state index in [2.05, 4.69) is 50.7 Å². The van der Waals surface area contributed by atoms with Gasteiger partial charge in [-0.25, -0.2) is 9.97 Å². The van der Waals surface area contributed by atoms with Crippen molar-refractivity contribution in [3.05, 3.63) is 48.0 Å². The fourth-order valence-corrected chi connectivity index (χ4v) is 5.94. The van der Waals surface area contributed by atoms with Crippen molar-refractivity contribution in [1.29, 1.82) is 0 Å². The van der Waals surface area contributed by atoms with Gasteiger partial charge in [0.1, 0.15) is 11.5 Å². The van der Waals surface area contributed by atoms with Crippen LogP contribution in [-0.4, -0.2) is 54.2 Å². The number of β-amino-alcohol motifs (C(OH)–C–C–N with tert-alkyl or cyclic N) is 1. The second-order valence-corrected chi connectivity index (χ2v) is 10.3. The molecule has 2 aliphatic rings. The molecule has 35 heavy (non-hydrogen) atoms. The first kappa shape index (κ1) is 22.4. The third kappa shape index (κ3) is 4.15. The maximum Gasteiger partial charge on any atom is 0.230 e. The number of anilines is 2. The van der Waals surface area contributed by atoms with Gasteiger partial charge in [-0.2, -0.15) is 4.98 Å². The first-order valence-electron chi connectivity index (χ1n) is 12.8. The number of fused-ring (bicyclic) bond motifs is 4. The van der Waals surface area contributed by atoms with E-state index in [0.29, 0.717) is 24.5 Å². The minimum atomic E-state index is 0.182. The maximum absolute atomic E-state index is 9.31. The van der Waals surface area contributed by atoms with Gasteiger partial charge in [-0.3, -0.25) is 9.88 Å². The summed E-state index contributed by atoms with van der Waals surface area (Å²) < 4.78 is 2.40. The van der Waals surface area contributed by atoms with Crippen molar-refractivity contribution in [2.24, 2.45) is 5.92 Å². The van der Waals surface area contributed by atoms with Gasteiger partial charge in [0.25, 0.3) is 0 Å². The first-order chi connectivity index (χ1) is 17.1. The molecule has 1 saturated carbocycles. The standard InChI is InChI=1S/C27H33N7O/c1-17-3-6-20(7-4-17)34-23-14-28-10-9-21(23)22-13-29-27(32-26(22)34)31-24-8-5-19-16-33(11-12-35)15-18(2)25(19)30-24/h5,8-10,13-14,17-18,20,35H,3-4,6-7,11-12,15-16H2,1-2H3,(H,29,30,31,32)/t17-,18?,20-. The van der Waals surface area contributed by atoms with Gasteiger partial charge in [0.2, 0.25) is 5.95 Å². The van der Waals surface area contributed by atoms with Crippen molar-refractivity contribution in [1.82, 2.24) is 29.4 Å². The zero-order valence-corrected chi connectivity index (χ0v) is 20.5. The summed E-state index contributed by atoms with van der Waals surface area (Å²) in [6.45, 7) is 7.15. The second kappa shape index (κ2) is 9.17. The molecule has 182 valence electrons. The molecule has 1 unspecified atom stereocenters. The van der Waals surface area contributed by atoms with Crippen LogP contribution in [0.4, 0.5) is 11.8 Å². The monoisotopic (exact) mass is 471 g/mol. The molecule has 2 N–H and O–H groups in total. The molecule has 5 heterocycles. The molecular formula is C27H33N7O. The van der Waals surface area contributed by atoms with E-state index < -0.39 is 0 Å². The Bertz CT molecular complexity index is 1360. The molecule has 8 nitrogen and oxygen atoms in total. The number of hydrogen-bond acceptors (Lipinski definition) is 7. The van der Waals surface area contributed by atoms with Crippen LogP contribution >= 0.6 is 0 Å². The molecule has 1 atom stereocenters. The van der Waals surface area contributed by atoms with Gasteiger partial charge in [-0.05, 0) is 49.3 Å². The lowest BCUT2D eigenvalue weighted by Crippen LogP contribution is -2.35. The number of rotatable bonds is 5. The molecule has 0 saturated heterocycles. The Labute approximate surface area is 205 Å². The molecule has 1 aliphatic carbocycles. The highest BCUT2D eigenvalue weighted by Gasteiger charge is 2.26. The van der Waals surface area contributed by atoms with E-state index >= 15 is 0 Å². The largest absolute Gasteiger partial charge is 0.395 e. The molecular weight excluding hydrogens is 438 g/mol. The van der Waals surface area contributed by atoms with Crippen molar-refractivity contribution in [2.45, 2.75) is 58.0 Å². The Morgan fingerprint density at radius 2 is 1.89 bits per heavy atom.